The normalized spacial score (nSPS) is 17.8. The molecule has 0 aliphatic carbocycles. The SMILES string of the molecule is CC(C)(C)OC(=O)NS(=O)(=O)N1CC=CCC1. The Morgan fingerprint density at radius 1 is 1.35 bits per heavy atom. The van der Waals surface area contributed by atoms with E-state index >= 15 is 0 Å². The van der Waals surface area contributed by atoms with Crippen LogP contribution in [0.5, 0.6) is 0 Å². The molecule has 7 heteroatoms. The van der Waals surface area contributed by atoms with Gasteiger partial charge in [0.25, 0.3) is 0 Å². The number of amides is 1. The van der Waals surface area contributed by atoms with E-state index in [1.165, 1.54) is 4.31 Å². The largest absolute Gasteiger partial charge is 0.443 e. The van der Waals surface area contributed by atoms with Crippen molar-refractivity contribution < 1.29 is 17.9 Å². The summed E-state index contributed by atoms with van der Waals surface area (Å²) in [4.78, 5) is 11.4. The standard InChI is InChI=1S/C10H18N2O4S/c1-10(2,3)16-9(13)11-17(14,15)12-7-5-4-6-8-12/h4-5H,6-8H2,1-3H3,(H,11,13). The molecule has 6 nitrogen and oxygen atoms in total. The van der Waals surface area contributed by atoms with E-state index < -0.39 is 21.9 Å². The highest BCUT2D eigenvalue weighted by molar-refractivity contribution is 7.87. The Labute approximate surface area is 102 Å². The number of rotatable bonds is 2. The Morgan fingerprint density at radius 2 is 2.00 bits per heavy atom. The Morgan fingerprint density at radius 3 is 2.47 bits per heavy atom. The Kier molecular flexibility index (Phi) is 4.16. The van der Waals surface area contributed by atoms with Gasteiger partial charge in [0.15, 0.2) is 0 Å². The molecule has 1 rings (SSSR count). The number of nitrogens with one attached hydrogen (secondary N) is 1. The lowest BCUT2D eigenvalue weighted by Gasteiger charge is -2.24. The van der Waals surface area contributed by atoms with Gasteiger partial charge in [0.05, 0.1) is 0 Å². The lowest BCUT2D eigenvalue weighted by molar-refractivity contribution is 0.0567. The Bertz CT molecular complexity index is 409. The molecule has 1 aliphatic rings. The molecule has 1 heterocycles. The van der Waals surface area contributed by atoms with Crippen LogP contribution in [-0.2, 0) is 14.9 Å². The van der Waals surface area contributed by atoms with Crippen LogP contribution in [0.15, 0.2) is 12.2 Å². The van der Waals surface area contributed by atoms with Gasteiger partial charge >= 0.3 is 16.3 Å². The summed E-state index contributed by atoms with van der Waals surface area (Å²) >= 11 is 0. The maximum absolute atomic E-state index is 11.8. The lowest BCUT2D eigenvalue weighted by atomic mass is 10.2. The first kappa shape index (κ1) is 14.0. The molecule has 1 amide bonds. The van der Waals surface area contributed by atoms with Gasteiger partial charge in [0, 0.05) is 13.1 Å². The molecule has 0 radical (unpaired) electrons. The summed E-state index contributed by atoms with van der Waals surface area (Å²) in [5.74, 6) is 0. The van der Waals surface area contributed by atoms with Gasteiger partial charge in [-0.25, -0.2) is 9.52 Å². The van der Waals surface area contributed by atoms with Crippen LogP contribution in [0.4, 0.5) is 4.79 Å². The maximum atomic E-state index is 11.8. The van der Waals surface area contributed by atoms with Crippen LogP contribution >= 0.6 is 0 Å². The van der Waals surface area contributed by atoms with E-state index in [1.54, 1.807) is 26.8 Å². The first-order valence-corrected chi connectivity index (χ1v) is 6.80. The summed E-state index contributed by atoms with van der Waals surface area (Å²) in [5.41, 5.74) is -0.721. The van der Waals surface area contributed by atoms with Crippen LogP contribution in [-0.4, -0.2) is 37.5 Å². The van der Waals surface area contributed by atoms with Gasteiger partial charge in [-0.3, -0.25) is 0 Å². The number of hydrogen-bond acceptors (Lipinski definition) is 4. The van der Waals surface area contributed by atoms with Crippen molar-refractivity contribution in [2.75, 3.05) is 13.1 Å². The molecule has 0 aromatic carbocycles. The second kappa shape index (κ2) is 5.05. The fourth-order valence-electron chi connectivity index (χ4n) is 1.31. The Hall–Kier alpha value is -1.08. The van der Waals surface area contributed by atoms with E-state index in [0.29, 0.717) is 13.0 Å². The van der Waals surface area contributed by atoms with Crippen molar-refractivity contribution in [2.24, 2.45) is 0 Å². The number of nitrogens with zero attached hydrogens (tertiary/aromatic N) is 1. The number of carbonyl (C=O) groups is 1. The molecule has 0 fully saturated rings. The van der Waals surface area contributed by atoms with Crippen molar-refractivity contribution in [3.05, 3.63) is 12.2 Å². The topological polar surface area (TPSA) is 75.7 Å². The van der Waals surface area contributed by atoms with Gasteiger partial charge < -0.3 is 4.74 Å². The van der Waals surface area contributed by atoms with Crippen LogP contribution in [0.1, 0.15) is 27.2 Å². The molecule has 0 spiro atoms. The van der Waals surface area contributed by atoms with Crippen molar-refractivity contribution in [1.29, 1.82) is 0 Å². The summed E-state index contributed by atoms with van der Waals surface area (Å²) in [6.45, 7) is 5.65. The molecule has 0 unspecified atom stereocenters. The summed E-state index contributed by atoms with van der Waals surface area (Å²) in [7, 11) is -3.80. The first-order chi connectivity index (χ1) is 7.71. The highest BCUT2D eigenvalue weighted by atomic mass is 32.2. The molecule has 0 saturated heterocycles. The van der Waals surface area contributed by atoms with E-state index in [2.05, 4.69) is 0 Å². The fourth-order valence-corrected chi connectivity index (χ4v) is 2.32. The van der Waals surface area contributed by atoms with Gasteiger partial charge in [-0.1, -0.05) is 12.2 Å². The number of ether oxygens (including phenoxy) is 1. The quantitative estimate of drug-likeness (QED) is 0.754. The molecule has 98 valence electrons. The van der Waals surface area contributed by atoms with Gasteiger partial charge in [0.2, 0.25) is 0 Å². The van der Waals surface area contributed by atoms with Crippen LogP contribution in [0.3, 0.4) is 0 Å². The minimum absolute atomic E-state index is 0.276. The highest BCUT2D eigenvalue weighted by Crippen LogP contribution is 2.09. The molecule has 0 aromatic heterocycles. The molecule has 0 aromatic rings. The van der Waals surface area contributed by atoms with Crippen LogP contribution < -0.4 is 4.72 Å². The monoisotopic (exact) mass is 262 g/mol. The predicted molar refractivity (Wildman–Crippen MR) is 63.6 cm³/mol. The molecule has 0 atom stereocenters. The first-order valence-electron chi connectivity index (χ1n) is 5.36. The lowest BCUT2D eigenvalue weighted by Crippen LogP contribution is -2.46. The summed E-state index contributed by atoms with van der Waals surface area (Å²) in [5, 5.41) is 0. The fraction of sp³-hybridized carbons (Fsp3) is 0.700. The van der Waals surface area contributed by atoms with Gasteiger partial charge in [-0.2, -0.15) is 12.7 Å². The average molecular weight is 262 g/mol. The molecule has 1 aliphatic heterocycles. The molecular weight excluding hydrogens is 244 g/mol. The zero-order chi connectivity index (χ0) is 13.1. The zero-order valence-corrected chi connectivity index (χ0v) is 11.1. The van der Waals surface area contributed by atoms with E-state index in [-0.39, 0.29) is 6.54 Å². The summed E-state index contributed by atoms with van der Waals surface area (Å²) in [6.07, 6.45) is 3.35. The molecular formula is C10H18N2O4S. The number of hydrogen-bond donors (Lipinski definition) is 1. The maximum Gasteiger partial charge on any atom is 0.422 e. The van der Waals surface area contributed by atoms with Crippen LogP contribution in [0.2, 0.25) is 0 Å². The third-order valence-electron chi connectivity index (χ3n) is 1.97. The minimum Gasteiger partial charge on any atom is -0.443 e. The van der Waals surface area contributed by atoms with E-state index in [1.807, 2.05) is 10.8 Å². The van der Waals surface area contributed by atoms with Crippen molar-refractivity contribution in [2.45, 2.75) is 32.8 Å². The Balaban J connectivity index is 2.60. The third kappa shape index (κ3) is 4.74. The van der Waals surface area contributed by atoms with Crippen molar-refractivity contribution >= 4 is 16.3 Å². The van der Waals surface area contributed by atoms with Crippen molar-refractivity contribution in [1.82, 2.24) is 9.03 Å². The highest BCUT2D eigenvalue weighted by Gasteiger charge is 2.26. The van der Waals surface area contributed by atoms with Crippen molar-refractivity contribution in [3.63, 3.8) is 0 Å². The van der Waals surface area contributed by atoms with E-state index in [0.717, 1.165) is 0 Å². The zero-order valence-electron chi connectivity index (χ0n) is 10.3. The van der Waals surface area contributed by atoms with E-state index in [4.69, 9.17) is 4.74 Å². The molecule has 17 heavy (non-hydrogen) atoms. The smallest absolute Gasteiger partial charge is 0.422 e. The van der Waals surface area contributed by atoms with Gasteiger partial charge in [-0.15, -0.1) is 0 Å². The molecule has 1 N–H and O–H groups in total. The predicted octanol–water partition coefficient (Wildman–Crippen LogP) is 1.02. The van der Waals surface area contributed by atoms with Gasteiger partial charge in [0.1, 0.15) is 5.60 Å². The van der Waals surface area contributed by atoms with Crippen molar-refractivity contribution in [3.8, 4) is 0 Å². The third-order valence-corrected chi connectivity index (χ3v) is 3.41. The summed E-state index contributed by atoms with van der Waals surface area (Å²) in [6, 6.07) is 0. The minimum atomic E-state index is -3.80. The van der Waals surface area contributed by atoms with E-state index in [9.17, 15) is 13.2 Å². The molecule has 0 bridgehead atoms. The average Bonchev–Trinajstić information content (AvgIpc) is 2.15. The summed E-state index contributed by atoms with van der Waals surface area (Å²) < 4.78 is 31.5. The molecule has 0 saturated carbocycles. The van der Waals surface area contributed by atoms with Crippen LogP contribution in [0, 0.1) is 0 Å². The second-order valence-corrected chi connectivity index (χ2v) is 6.40. The second-order valence-electron chi connectivity index (χ2n) is 4.73. The number of carbonyl (C=O) groups excluding carboxylic acids is 1. The van der Waals surface area contributed by atoms with Crippen LogP contribution in [0.25, 0.3) is 0 Å². The van der Waals surface area contributed by atoms with Gasteiger partial charge in [-0.05, 0) is 27.2 Å².